The van der Waals surface area contributed by atoms with Crippen molar-refractivity contribution < 1.29 is 14.3 Å². The fraction of sp³-hybridized carbons (Fsp3) is 0.259. The van der Waals surface area contributed by atoms with Gasteiger partial charge in [-0.15, -0.1) is 0 Å². The Kier molecular flexibility index (Phi) is 7.91. The van der Waals surface area contributed by atoms with E-state index >= 15 is 0 Å². The lowest BCUT2D eigenvalue weighted by Gasteiger charge is -2.25. The summed E-state index contributed by atoms with van der Waals surface area (Å²) in [5.41, 5.74) is 4.22. The molecule has 0 bridgehead atoms. The van der Waals surface area contributed by atoms with E-state index in [0.29, 0.717) is 25.4 Å². The number of hydrogen-bond acceptors (Lipinski definition) is 5. The number of anilines is 3. The van der Waals surface area contributed by atoms with Gasteiger partial charge in [0.1, 0.15) is 6.04 Å². The Balaban J connectivity index is 1.41. The first-order valence-electron chi connectivity index (χ1n) is 11.5. The summed E-state index contributed by atoms with van der Waals surface area (Å²) >= 11 is 0. The molecule has 1 atom stereocenters. The van der Waals surface area contributed by atoms with Crippen LogP contribution < -0.4 is 16.0 Å². The number of carbonyl (C=O) groups excluding carboxylic acids is 2. The van der Waals surface area contributed by atoms with Crippen LogP contribution in [-0.2, 0) is 14.3 Å². The van der Waals surface area contributed by atoms with Crippen LogP contribution in [0.1, 0.15) is 17.2 Å². The van der Waals surface area contributed by atoms with Crippen molar-refractivity contribution in [3.63, 3.8) is 0 Å². The molecular weight excluding hydrogens is 428 g/mol. The number of nitrogens with one attached hydrogen (secondary N) is 3. The highest BCUT2D eigenvalue weighted by Gasteiger charge is 2.21. The molecule has 1 aliphatic rings. The Morgan fingerprint density at radius 3 is 2.09 bits per heavy atom. The first kappa shape index (κ1) is 23.5. The maximum Gasteiger partial charge on any atom is 0.251 e. The Hall–Kier alpha value is -3.68. The van der Waals surface area contributed by atoms with Crippen LogP contribution in [0.15, 0.2) is 78.9 Å². The third kappa shape index (κ3) is 6.66. The summed E-state index contributed by atoms with van der Waals surface area (Å²) in [5.74, 6) is -0.208. The number of aryl methyl sites for hydroxylation is 1. The van der Waals surface area contributed by atoms with Gasteiger partial charge in [0.25, 0.3) is 5.91 Å². The van der Waals surface area contributed by atoms with Crippen LogP contribution in [0.5, 0.6) is 0 Å². The molecule has 0 saturated carbocycles. The molecule has 7 nitrogen and oxygen atoms in total. The molecule has 3 aromatic rings. The normalized spacial score (nSPS) is 14.7. The fourth-order valence-corrected chi connectivity index (χ4v) is 3.78. The van der Waals surface area contributed by atoms with Gasteiger partial charge in [0.2, 0.25) is 5.91 Å². The zero-order valence-electron chi connectivity index (χ0n) is 19.3. The van der Waals surface area contributed by atoms with E-state index in [9.17, 15) is 9.59 Å². The Morgan fingerprint density at radius 1 is 0.824 bits per heavy atom. The van der Waals surface area contributed by atoms with Crippen LogP contribution >= 0.6 is 0 Å². The minimum Gasteiger partial charge on any atom is -0.379 e. The summed E-state index contributed by atoms with van der Waals surface area (Å²) in [6.45, 7) is 5.21. The number of benzene rings is 3. The van der Waals surface area contributed by atoms with Crippen LogP contribution in [0.4, 0.5) is 17.1 Å². The molecule has 1 heterocycles. The summed E-state index contributed by atoms with van der Waals surface area (Å²) in [6.07, 6.45) is 0. The summed E-state index contributed by atoms with van der Waals surface area (Å²) in [4.78, 5) is 27.6. The highest BCUT2D eigenvalue weighted by atomic mass is 16.5. The molecule has 4 rings (SSSR count). The summed E-state index contributed by atoms with van der Waals surface area (Å²) in [5, 5.41) is 9.25. The largest absolute Gasteiger partial charge is 0.379 e. The van der Waals surface area contributed by atoms with Crippen molar-refractivity contribution in [1.29, 1.82) is 0 Å². The predicted octanol–water partition coefficient (Wildman–Crippen LogP) is 4.06. The molecule has 34 heavy (non-hydrogen) atoms. The maximum absolute atomic E-state index is 13.2. The van der Waals surface area contributed by atoms with Gasteiger partial charge >= 0.3 is 0 Å². The van der Waals surface area contributed by atoms with Gasteiger partial charge in [0.05, 0.1) is 19.8 Å². The van der Waals surface area contributed by atoms with Gasteiger partial charge in [-0.1, -0.05) is 48.0 Å². The first-order chi connectivity index (χ1) is 16.6. The second-order valence-electron chi connectivity index (χ2n) is 8.36. The van der Waals surface area contributed by atoms with E-state index in [2.05, 4.69) is 20.9 Å². The molecule has 1 aliphatic heterocycles. The van der Waals surface area contributed by atoms with E-state index in [1.165, 1.54) is 0 Å². The number of morpholine rings is 1. The molecule has 1 saturated heterocycles. The van der Waals surface area contributed by atoms with E-state index < -0.39 is 6.04 Å². The molecule has 0 spiro atoms. The number of amides is 2. The third-order valence-electron chi connectivity index (χ3n) is 5.66. The van der Waals surface area contributed by atoms with E-state index in [1.807, 2.05) is 85.8 Å². The van der Waals surface area contributed by atoms with Crippen molar-refractivity contribution in [3.05, 3.63) is 90.0 Å². The quantitative estimate of drug-likeness (QED) is 0.474. The van der Waals surface area contributed by atoms with Crippen molar-refractivity contribution in [1.82, 2.24) is 4.90 Å². The molecule has 176 valence electrons. The Bertz CT molecular complexity index is 1080. The second kappa shape index (κ2) is 11.4. The SMILES string of the molecule is Cc1ccc(NC(=O)C(Nc2ccc(NC(=O)CN3CCOCC3)cc2)c2ccccc2)cc1. The summed E-state index contributed by atoms with van der Waals surface area (Å²) < 4.78 is 5.32. The van der Waals surface area contributed by atoms with E-state index in [0.717, 1.165) is 35.6 Å². The molecule has 1 fully saturated rings. The average molecular weight is 459 g/mol. The van der Waals surface area contributed by atoms with Gasteiger partial charge in [0.15, 0.2) is 0 Å². The van der Waals surface area contributed by atoms with Gasteiger partial charge in [-0.3, -0.25) is 14.5 Å². The smallest absolute Gasteiger partial charge is 0.251 e. The number of rotatable bonds is 8. The zero-order chi connectivity index (χ0) is 23.8. The van der Waals surface area contributed by atoms with Crippen LogP contribution in [0.2, 0.25) is 0 Å². The van der Waals surface area contributed by atoms with Crippen molar-refractivity contribution in [2.45, 2.75) is 13.0 Å². The zero-order valence-corrected chi connectivity index (χ0v) is 19.3. The minimum atomic E-state index is -0.579. The van der Waals surface area contributed by atoms with Crippen LogP contribution in [0.25, 0.3) is 0 Å². The molecular formula is C27H30N4O3. The Morgan fingerprint density at radius 2 is 1.41 bits per heavy atom. The van der Waals surface area contributed by atoms with Gasteiger partial charge in [-0.2, -0.15) is 0 Å². The molecule has 1 unspecified atom stereocenters. The second-order valence-corrected chi connectivity index (χ2v) is 8.36. The topological polar surface area (TPSA) is 82.7 Å². The van der Waals surface area contributed by atoms with Crippen molar-refractivity contribution >= 4 is 28.9 Å². The summed E-state index contributed by atoms with van der Waals surface area (Å²) in [6, 6.07) is 24.1. The van der Waals surface area contributed by atoms with Crippen molar-refractivity contribution in [2.24, 2.45) is 0 Å². The lowest BCUT2D eigenvalue weighted by Crippen LogP contribution is -2.41. The molecule has 7 heteroatoms. The van der Waals surface area contributed by atoms with Crippen LogP contribution in [0, 0.1) is 6.92 Å². The number of ether oxygens (including phenoxy) is 1. The monoisotopic (exact) mass is 458 g/mol. The average Bonchev–Trinajstić information content (AvgIpc) is 2.86. The molecule has 3 N–H and O–H groups in total. The highest BCUT2D eigenvalue weighted by Crippen LogP contribution is 2.23. The first-order valence-corrected chi connectivity index (χ1v) is 11.5. The summed E-state index contributed by atoms with van der Waals surface area (Å²) in [7, 11) is 0. The predicted molar refractivity (Wildman–Crippen MR) is 135 cm³/mol. The van der Waals surface area contributed by atoms with E-state index in [1.54, 1.807) is 0 Å². The van der Waals surface area contributed by atoms with E-state index in [-0.39, 0.29) is 11.8 Å². The molecule has 3 aromatic carbocycles. The molecule has 2 amide bonds. The maximum atomic E-state index is 13.2. The van der Waals surface area contributed by atoms with Gasteiger partial charge in [0, 0.05) is 30.2 Å². The van der Waals surface area contributed by atoms with Gasteiger partial charge in [-0.25, -0.2) is 0 Å². The lowest BCUT2D eigenvalue weighted by atomic mass is 10.1. The number of carbonyl (C=O) groups is 2. The molecule has 0 aliphatic carbocycles. The fourth-order valence-electron chi connectivity index (χ4n) is 3.78. The van der Waals surface area contributed by atoms with E-state index in [4.69, 9.17) is 4.74 Å². The van der Waals surface area contributed by atoms with Crippen molar-refractivity contribution in [2.75, 3.05) is 48.8 Å². The highest BCUT2D eigenvalue weighted by molar-refractivity contribution is 5.97. The number of nitrogens with zero attached hydrogens (tertiary/aromatic N) is 1. The van der Waals surface area contributed by atoms with Gasteiger partial charge in [-0.05, 0) is 48.9 Å². The standard InChI is InChI=1S/C27H30N4O3/c1-20-7-9-24(10-8-20)30-27(33)26(21-5-3-2-4-6-21)29-23-13-11-22(12-14-23)28-25(32)19-31-15-17-34-18-16-31/h2-14,26,29H,15-19H2,1H3,(H,28,32)(H,30,33). The Labute approximate surface area is 200 Å². The molecule has 0 radical (unpaired) electrons. The minimum absolute atomic E-state index is 0.0535. The van der Waals surface area contributed by atoms with Crippen LogP contribution in [-0.4, -0.2) is 49.6 Å². The third-order valence-corrected chi connectivity index (χ3v) is 5.66. The lowest BCUT2D eigenvalue weighted by molar-refractivity contribution is -0.118. The van der Waals surface area contributed by atoms with Crippen LogP contribution in [0.3, 0.4) is 0 Å². The van der Waals surface area contributed by atoms with Crippen molar-refractivity contribution in [3.8, 4) is 0 Å². The van der Waals surface area contributed by atoms with Gasteiger partial charge < -0.3 is 20.7 Å². The molecule has 0 aromatic heterocycles. The number of hydrogen-bond donors (Lipinski definition) is 3.